The number of unbranched alkanes of at least 4 members (excludes halogenated alkanes) is 1. The molecule has 120 valence electrons. The lowest BCUT2D eigenvalue weighted by atomic mass is 10.1. The van der Waals surface area contributed by atoms with E-state index in [1.54, 1.807) is 6.92 Å². The minimum atomic E-state index is 0.338. The third-order valence-corrected chi connectivity index (χ3v) is 6.47. The fourth-order valence-electron chi connectivity index (χ4n) is 1.89. The third kappa shape index (κ3) is 15.6. The highest BCUT2D eigenvalue weighted by Crippen LogP contribution is 2.24. The van der Waals surface area contributed by atoms with Gasteiger partial charge in [0.05, 0.1) is 0 Å². The fourth-order valence-corrected chi connectivity index (χ4v) is 5.35. The maximum absolute atomic E-state index is 11.0. The number of rotatable bonds is 15. The van der Waals surface area contributed by atoms with Crippen molar-refractivity contribution in [1.29, 1.82) is 0 Å². The molecule has 0 fully saturated rings. The van der Waals surface area contributed by atoms with Gasteiger partial charge in [-0.2, -0.15) is 23.5 Å². The van der Waals surface area contributed by atoms with Gasteiger partial charge in [-0.1, -0.05) is 6.42 Å². The minimum Gasteiger partial charge on any atom is -0.300 e. The van der Waals surface area contributed by atoms with Gasteiger partial charge in [0, 0.05) is 11.7 Å². The summed E-state index contributed by atoms with van der Waals surface area (Å²) in [7, 11) is 5.62. The number of thioether (sulfide) groups is 2. The molecule has 20 heavy (non-hydrogen) atoms. The van der Waals surface area contributed by atoms with Crippen LogP contribution in [0.1, 0.15) is 51.9 Å². The van der Waals surface area contributed by atoms with E-state index in [-0.39, 0.29) is 0 Å². The van der Waals surface area contributed by atoms with E-state index in [1.807, 2.05) is 0 Å². The Balaban J connectivity index is 3.72. The zero-order valence-corrected chi connectivity index (χ0v) is 16.9. The lowest BCUT2D eigenvalue weighted by molar-refractivity contribution is -0.117. The number of ketones is 1. The predicted molar refractivity (Wildman–Crippen MR) is 106 cm³/mol. The molecule has 0 rings (SSSR count). The maximum Gasteiger partial charge on any atom is 0.129 e. The molecule has 3 atom stereocenters. The van der Waals surface area contributed by atoms with Crippen molar-refractivity contribution in [2.24, 2.45) is 0 Å². The molecule has 0 aromatic heterocycles. The number of carbonyl (C=O) groups is 1. The lowest BCUT2D eigenvalue weighted by Crippen LogP contribution is -2.06. The molecule has 0 aromatic rings. The molecule has 1 nitrogen and oxygen atoms in total. The number of hydrogen-bond acceptors (Lipinski definition) is 3. The van der Waals surface area contributed by atoms with Crippen molar-refractivity contribution in [3.05, 3.63) is 0 Å². The lowest BCUT2D eigenvalue weighted by Gasteiger charge is -2.16. The van der Waals surface area contributed by atoms with E-state index in [4.69, 9.17) is 0 Å². The quantitative estimate of drug-likeness (QED) is 0.308. The molecule has 0 amide bonds. The van der Waals surface area contributed by atoms with Crippen molar-refractivity contribution in [3.63, 3.8) is 0 Å². The topological polar surface area (TPSA) is 17.1 Å². The van der Waals surface area contributed by atoms with Crippen LogP contribution in [-0.4, -0.2) is 40.6 Å². The maximum atomic E-state index is 11.0. The summed E-state index contributed by atoms with van der Waals surface area (Å²) in [6.45, 7) is 1.70. The smallest absolute Gasteiger partial charge is 0.129 e. The van der Waals surface area contributed by atoms with Gasteiger partial charge >= 0.3 is 0 Å². The Morgan fingerprint density at radius 2 is 1.65 bits per heavy atom. The van der Waals surface area contributed by atoms with E-state index < -0.39 is 0 Å². The van der Waals surface area contributed by atoms with Gasteiger partial charge in [-0.3, -0.25) is 0 Å². The largest absolute Gasteiger partial charge is 0.300 e. The first-order valence-electron chi connectivity index (χ1n) is 7.79. The Bertz CT molecular complexity index is 228. The molecule has 0 saturated heterocycles. The van der Waals surface area contributed by atoms with Gasteiger partial charge in [-0.15, -0.1) is 18.5 Å². The first-order valence-corrected chi connectivity index (χ1v) is 11.6. The zero-order valence-electron chi connectivity index (χ0n) is 12.9. The molecular formula is C15H32OP2S2. The Morgan fingerprint density at radius 1 is 0.950 bits per heavy atom. The molecule has 5 heteroatoms. The summed E-state index contributed by atoms with van der Waals surface area (Å²) in [5.74, 6) is 4.23. The number of Topliss-reactive ketones (excluding diaryl/α,β-unsaturated/α-hetero) is 1. The summed E-state index contributed by atoms with van der Waals surface area (Å²) >= 11 is 4.26. The van der Waals surface area contributed by atoms with Gasteiger partial charge in [0.2, 0.25) is 0 Å². The van der Waals surface area contributed by atoms with Gasteiger partial charge in [0.15, 0.2) is 0 Å². The summed E-state index contributed by atoms with van der Waals surface area (Å²) in [5, 5.41) is 0.807. The van der Waals surface area contributed by atoms with Crippen LogP contribution in [0.3, 0.4) is 0 Å². The molecule has 0 bridgehead atoms. The Kier molecular flexibility index (Phi) is 17.6. The molecule has 0 aliphatic rings. The first kappa shape index (κ1) is 21.2. The van der Waals surface area contributed by atoms with E-state index in [0.29, 0.717) is 5.78 Å². The minimum absolute atomic E-state index is 0.338. The van der Waals surface area contributed by atoms with Crippen LogP contribution in [0.2, 0.25) is 0 Å². The first-order chi connectivity index (χ1) is 9.70. The van der Waals surface area contributed by atoms with Crippen molar-refractivity contribution in [1.82, 2.24) is 0 Å². The highest BCUT2D eigenvalue weighted by Gasteiger charge is 2.09. The van der Waals surface area contributed by atoms with Crippen molar-refractivity contribution in [2.45, 2.75) is 57.1 Å². The Morgan fingerprint density at radius 3 is 2.30 bits per heavy atom. The predicted octanol–water partition coefficient (Wildman–Crippen LogP) is 4.89. The van der Waals surface area contributed by atoms with Gasteiger partial charge in [-0.05, 0) is 68.6 Å². The molecule has 0 aliphatic heterocycles. The summed E-state index contributed by atoms with van der Waals surface area (Å²) in [6.07, 6.45) is 10.8. The van der Waals surface area contributed by atoms with Crippen LogP contribution in [0.15, 0.2) is 0 Å². The van der Waals surface area contributed by atoms with E-state index in [1.165, 1.54) is 61.7 Å². The molecular weight excluding hydrogens is 322 g/mol. The second-order valence-electron chi connectivity index (χ2n) is 5.13. The average Bonchev–Trinajstić information content (AvgIpc) is 2.42. The highest BCUT2D eigenvalue weighted by atomic mass is 32.2. The van der Waals surface area contributed by atoms with Crippen LogP contribution in [0.25, 0.3) is 0 Å². The standard InChI is InChI=1S/C15H32OP2S2/c1-14(16)6-2-3-7-15(20-12-5-10-18)8-13-19-11-4-9-17/h15H,2-13,17-18H2,1H3. The number of hydrogen-bond donors (Lipinski definition) is 0. The second-order valence-corrected chi connectivity index (χ2v) is 8.91. The normalized spacial score (nSPS) is 12.6. The van der Waals surface area contributed by atoms with E-state index in [9.17, 15) is 4.79 Å². The van der Waals surface area contributed by atoms with Crippen molar-refractivity contribution in [3.8, 4) is 0 Å². The molecule has 0 spiro atoms. The fraction of sp³-hybridized carbons (Fsp3) is 0.933. The third-order valence-electron chi connectivity index (χ3n) is 3.08. The van der Waals surface area contributed by atoms with Crippen molar-refractivity contribution in [2.75, 3.05) is 29.6 Å². The summed E-state index contributed by atoms with van der Waals surface area (Å²) in [6, 6.07) is 0. The summed E-state index contributed by atoms with van der Waals surface area (Å²) < 4.78 is 0. The summed E-state index contributed by atoms with van der Waals surface area (Å²) in [5.41, 5.74) is 0. The van der Waals surface area contributed by atoms with Crippen molar-refractivity contribution < 1.29 is 4.79 Å². The van der Waals surface area contributed by atoms with Gasteiger partial charge in [-0.25, -0.2) is 0 Å². The van der Waals surface area contributed by atoms with E-state index in [0.717, 1.165) is 18.1 Å². The monoisotopic (exact) mass is 354 g/mol. The SMILES string of the molecule is CC(=O)CCCCC(CCSCCCP)SCCCP. The van der Waals surface area contributed by atoms with Gasteiger partial charge in [0.1, 0.15) is 5.78 Å². The molecule has 0 saturated carbocycles. The zero-order chi connectivity index (χ0) is 15.1. The highest BCUT2D eigenvalue weighted by molar-refractivity contribution is 8.00. The molecule has 0 aromatic carbocycles. The van der Waals surface area contributed by atoms with Crippen LogP contribution >= 0.6 is 42.0 Å². The van der Waals surface area contributed by atoms with Crippen LogP contribution in [0, 0.1) is 0 Å². The molecule has 0 N–H and O–H groups in total. The Hall–Kier alpha value is 1.23. The molecule has 3 unspecified atom stereocenters. The van der Waals surface area contributed by atoms with Crippen LogP contribution < -0.4 is 0 Å². The number of carbonyl (C=O) groups excluding carboxylic acids is 1. The van der Waals surface area contributed by atoms with Gasteiger partial charge in [0.25, 0.3) is 0 Å². The molecule has 0 aliphatic carbocycles. The van der Waals surface area contributed by atoms with Crippen LogP contribution in [0.5, 0.6) is 0 Å². The Labute approximate surface area is 139 Å². The molecule has 0 heterocycles. The van der Waals surface area contributed by atoms with Crippen LogP contribution in [-0.2, 0) is 4.79 Å². The average molecular weight is 355 g/mol. The van der Waals surface area contributed by atoms with Crippen molar-refractivity contribution >= 4 is 47.8 Å². The van der Waals surface area contributed by atoms with E-state index >= 15 is 0 Å². The van der Waals surface area contributed by atoms with E-state index in [2.05, 4.69) is 42.0 Å². The van der Waals surface area contributed by atoms with Gasteiger partial charge < -0.3 is 4.79 Å². The summed E-state index contributed by atoms with van der Waals surface area (Å²) in [4.78, 5) is 11.0. The second kappa shape index (κ2) is 16.6. The van der Waals surface area contributed by atoms with Crippen LogP contribution in [0.4, 0.5) is 0 Å². The molecule has 0 radical (unpaired) electrons.